The third-order valence-electron chi connectivity index (χ3n) is 2.84. The largest absolute Gasteiger partial charge is 0.508 e. The second-order valence-corrected chi connectivity index (χ2v) is 5.24. The zero-order valence-corrected chi connectivity index (χ0v) is 12.1. The summed E-state index contributed by atoms with van der Waals surface area (Å²) in [7, 11) is 0. The fourth-order valence-electron chi connectivity index (χ4n) is 1.92. The number of hydrogen-bond acceptors (Lipinski definition) is 2. The molecule has 0 aliphatic rings. The number of aryl methyl sites for hydroxylation is 2. The lowest BCUT2D eigenvalue weighted by atomic mass is 10.1. The Kier molecular flexibility index (Phi) is 3.92. The van der Waals surface area contributed by atoms with Gasteiger partial charge in [0.05, 0.1) is 0 Å². The predicted molar refractivity (Wildman–Crippen MR) is 79.0 cm³/mol. The highest BCUT2D eigenvalue weighted by atomic mass is 79.9. The molecule has 0 saturated carbocycles. The van der Waals surface area contributed by atoms with Crippen LogP contribution in [0.2, 0.25) is 0 Å². The van der Waals surface area contributed by atoms with E-state index in [0.29, 0.717) is 12.3 Å². The number of phenols is 1. The van der Waals surface area contributed by atoms with Crippen molar-refractivity contribution in [3.05, 3.63) is 57.6 Å². The monoisotopic (exact) mass is 305 g/mol. The number of aromatic hydroxyl groups is 1. The third kappa shape index (κ3) is 3.05. The summed E-state index contributed by atoms with van der Waals surface area (Å²) in [6.45, 7) is 4.86. The van der Waals surface area contributed by atoms with Crippen LogP contribution < -0.4 is 5.32 Å². The van der Waals surface area contributed by atoms with Gasteiger partial charge >= 0.3 is 0 Å². The molecule has 0 radical (unpaired) electrons. The Morgan fingerprint density at radius 3 is 2.39 bits per heavy atom. The van der Waals surface area contributed by atoms with Crippen LogP contribution >= 0.6 is 15.9 Å². The fraction of sp³-hybridized carbons (Fsp3) is 0.200. The first-order valence-electron chi connectivity index (χ1n) is 5.85. The van der Waals surface area contributed by atoms with E-state index in [1.807, 2.05) is 12.1 Å². The third-order valence-corrected chi connectivity index (χ3v) is 4.09. The van der Waals surface area contributed by atoms with E-state index in [1.54, 1.807) is 12.1 Å². The maximum atomic E-state index is 9.40. The summed E-state index contributed by atoms with van der Waals surface area (Å²) in [6, 6.07) is 11.5. The molecule has 2 rings (SSSR count). The normalized spacial score (nSPS) is 10.4. The fourth-order valence-corrected chi connectivity index (χ4v) is 2.15. The Morgan fingerprint density at radius 1 is 1.11 bits per heavy atom. The number of halogens is 1. The van der Waals surface area contributed by atoms with Crippen LogP contribution in [-0.2, 0) is 6.54 Å². The maximum Gasteiger partial charge on any atom is 0.115 e. The van der Waals surface area contributed by atoms with Crippen molar-refractivity contribution in [2.75, 3.05) is 5.32 Å². The van der Waals surface area contributed by atoms with Crippen LogP contribution in [0, 0.1) is 13.8 Å². The molecule has 0 saturated heterocycles. The van der Waals surface area contributed by atoms with Crippen LogP contribution in [-0.4, -0.2) is 5.11 Å². The lowest BCUT2D eigenvalue weighted by molar-refractivity contribution is 0.474. The first-order chi connectivity index (χ1) is 8.56. The van der Waals surface area contributed by atoms with Crippen LogP contribution in [0.25, 0.3) is 0 Å². The van der Waals surface area contributed by atoms with Gasteiger partial charge in [0.1, 0.15) is 5.75 Å². The smallest absolute Gasteiger partial charge is 0.115 e. The van der Waals surface area contributed by atoms with E-state index >= 15 is 0 Å². The van der Waals surface area contributed by atoms with E-state index in [0.717, 1.165) is 15.7 Å². The van der Waals surface area contributed by atoms with Gasteiger partial charge < -0.3 is 10.4 Å². The summed E-state index contributed by atoms with van der Waals surface area (Å²) in [4.78, 5) is 0. The molecular weight excluding hydrogens is 290 g/mol. The van der Waals surface area contributed by atoms with Gasteiger partial charge in [-0.1, -0.05) is 28.1 Å². The second-order valence-electron chi connectivity index (χ2n) is 4.45. The average molecular weight is 306 g/mol. The second kappa shape index (κ2) is 5.44. The van der Waals surface area contributed by atoms with Gasteiger partial charge in [-0.2, -0.15) is 0 Å². The maximum absolute atomic E-state index is 9.40. The Balaban J connectivity index is 2.11. The molecule has 3 heteroatoms. The summed E-state index contributed by atoms with van der Waals surface area (Å²) in [5, 5.41) is 12.8. The first kappa shape index (κ1) is 13.0. The van der Waals surface area contributed by atoms with E-state index in [-0.39, 0.29) is 0 Å². The van der Waals surface area contributed by atoms with Gasteiger partial charge in [0.15, 0.2) is 0 Å². The van der Waals surface area contributed by atoms with Crippen molar-refractivity contribution in [1.82, 2.24) is 0 Å². The minimum atomic E-state index is 0.303. The van der Waals surface area contributed by atoms with Gasteiger partial charge in [0, 0.05) is 16.7 Å². The van der Waals surface area contributed by atoms with Gasteiger partial charge in [-0.3, -0.25) is 0 Å². The molecule has 0 aromatic heterocycles. The summed E-state index contributed by atoms with van der Waals surface area (Å²) in [6.07, 6.45) is 0. The SMILES string of the molecule is Cc1cc(NCc2cccc(O)c2)cc(C)c1Br. The van der Waals surface area contributed by atoms with Crippen molar-refractivity contribution < 1.29 is 5.11 Å². The molecule has 2 aromatic carbocycles. The van der Waals surface area contributed by atoms with Crippen LogP contribution in [0.15, 0.2) is 40.9 Å². The molecule has 18 heavy (non-hydrogen) atoms. The number of hydrogen-bond donors (Lipinski definition) is 2. The molecular formula is C15H16BrNO. The number of benzene rings is 2. The molecule has 0 spiro atoms. The molecule has 0 fully saturated rings. The molecule has 0 amide bonds. The van der Waals surface area contributed by atoms with Crippen LogP contribution in [0.4, 0.5) is 5.69 Å². The van der Waals surface area contributed by atoms with Gasteiger partial charge in [-0.15, -0.1) is 0 Å². The first-order valence-corrected chi connectivity index (χ1v) is 6.64. The topological polar surface area (TPSA) is 32.3 Å². The lowest BCUT2D eigenvalue weighted by Crippen LogP contribution is -2.00. The molecule has 0 aliphatic heterocycles. The van der Waals surface area contributed by atoms with Crippen molar-refractivity contribution in [3.8, 4) is 5.75 Å². The summed E-state index contributed by atoms with van der Waals surface area (Å²) < 4.78 is 1.16. The zero-order chi connectivity index (χ0) is 13.1. The predicted octanol–water partition coefficient (Wildman–Crippen LogP) is 4.38. The summed E-state index contributed by atoms with van der Waals surface area (Å²) >= 11 is 3.56. The van der Waals surface area contributed by atoms with E-state index in [4.69, 9.17) is 0 Å². The zero-order valence-electron chi connectivity index (χ0n) is 10.5. The molecule has 94 valence electrons. The molecule has 0 aliphatic carbocycles. The Bertz CT molecular complexity index is 543. The van der Waals surface area contributed by atoms with Gasteiger partial charge in [-0.25, -0.2) is 0 Å². The molecule has 2 N–H and O–H groups in total. The number of nitrogens with one attached hydrogen (secondary N) is 1. The minimum absolute atomic E-state index is 0.303. The van der Waals surface area contributed by atoms with Crippen LogP contribution in [0.1, 0.15) is 16.7 Å². The van der Waals surface area contributed by atoms with Gasteiger partial charge in [0.25, 0.3) is 0 Å². The standard InChI is InChI=1S/C15H16BrNO/c1-10-6-13(7-11(2)15(10)16)17-9-12-4-3-5-14(18)8-12/h3-8,17-18H,9H2,1-2H3. The molecule has 0 bridgehead atoms. The summed E-state index contributed by atoms with van der Waals surface area (Å²) in [5.74, 6) is 0.303. The van der Waals surface area contributed by atoms with Crippen LogP contribution in [0.5, 0.6) is 5.75 Å². The van der Waals surface area contributed by atoms with E-state index in [9.17, 15) is 5.11 Å². The number of phenolic OH excluding ortho intramolecular Hbond substituents is 1. The van der Waals surface area contributed by atoms with Crippen molar-refractivity contribution >= 4 is 21.6 Å². The Morgan fingerprint density at radius 2 is 1.78 bits per heavy atom. The molecule has 2 nitrogen and oxygen atoms in total. The van der Waals surface area contributed by atoms with E-state index in [1.165, 1.54) is 11.1 Å². The van der Waals surface area contributed by atoms with Crippen molar-refractivity contribution in [2.24, 2.45) is 0 Å². The van der Waals surface area contributed by atoms with Gasteiger partial charge in [-0.05, 0) is 54.8 Å². The lowest BCUT2D eigenvalue weighted by Gasteiger charge is -2.11. The van der Waals surface area contributed by atoms with Gasteiger partial charge in [0.2, 0.25) is 0 Å². The number of anilines is 1. The highest BCUT2D eigenvalue weighted by Crippen LogP contribution is 2.25. The van der Waals surface area contributed by atoms with Crippen molar-refractivity contribution in [1.29, 1.82) is 0 Å². The van der Waals surface area contributed by atoms with E-state index in [2.05, 4.69) is 47.2 Å². The molecule has 0 atom stereocenters. The Labute approximate surface area is 116 Å². The quantitative estimate of drug-likeness (QED) is 0.882. The minimum Gasteiger partial charge on any atom is -0.508 e. The summed E-state index contributed by atoms with van der Waals surface area (Å²) in [5.41, 5.74) is 4.59. The van der Waals surface area contributed by atoms with Crippen molar-refractivity contribution in [3.63, 3.8) is 0 Å². The Hall–Kier alpha value is -1.48. The molecule has 0 unspecified atom stereocenters. The van der Waals surface area contributed by atoms with E-state index < -0.39 is 0 Å². The van der Waals surface area contributed by atoms with Crippen LogP contribution in [0.3, 0.4) is 0 Å². The molecule has 0 heterocycles. The molecule has 2 aromatic rings. The number of rotatable bonds is 3. The van der Waals surface area contributed by atoms with Crippen molar-refractivity contribution in [2.45, 2.75) is 20.4 Å². The highest BCUT2D eigenvalue weighted by molar-refractivity contribution is 9.10. The highest BCUT2D eigenvalue weighted by Gasteiger charge is 2.02. The average Bonchev–Trinajstić information content (AvgIpc) is 2.33.